The Hall–Kier alpha value is -0.840. The first kappa shape index (κ1) is 11.2. The van der Waals surface area contributed by atoms with Gasteiger partial charge in [0.15, 0.2) is 0 Å². The Morgan fingerprint density at radius 3 is 2.43 bits per heavy atom. The number of rotatable bonds is 3. The molecule has 0 amide bonds. The quantitative estimate of drug-likeness (QED) is 0.688. The van der Waals surface area contributed by atoms with Gasteiger partial charge in [-0.15, -0.1) is 0 Å². The van der Waals surface area contributed by atoms with Crippen LogP contribution in [0.5, 0.6) is 0 Å². The second-order valence-electron chi connectivity index (χ2n) is 3.00. The van der Waals surface area contributed by atoms with E-state index in [9.17, 15) is 4.79 Å². The monoisotopic (exact) mass is 302 g/mol. The molecular weight excluding hydrogens is 291 g/mol. The number of hydrogen-bond acceptors (Lipinski definition) is 1. The summed E-state index contributed by atoms with van der Waals surface area (Å²) in [6, 6.07) is 9.84. The van der Waals surface area contributed by atoms with Crippen molar-refractivity contribution in [2.45, 2.75) is 13.3 Å². The molecule has 14 heavy (non-hydrogen) atoms. The van der Waals surface area contributed by atoms with E-state index in [-0.39, 0.29) is 0 Å². The van der Waals surface area contributed by atoms with E-state index in [1.54, 1.807) is 6.92 Å². The van der Waals surface area contributed by atoms with E-state index in [2.05, 4.69) is 22.6 Å². The Balaban J connectivity index is 2.80. The van der Waals surface area contributed by atoms with Crippen molar-refractivity contribution < 1.29 is 9.90 Å². The fourth-order valence-corrected chi connectivity index (χ4v) is 1.69. The second kappa shape index (κ2) is 5.14. The van der Waals surface area contributed by atoms with Crippen LogP contribution >= 0.6 is 22.6 Å². The highest BCUT2D eigenvalue weighted by molar-refractivity contribution is 14.1. The third kappa shape index (κ3) is 3.14. The number of halogens is 1. The van der Waals surface area contributed by atoms with E-state index in [1.807, 2.05) is 30.3 Å². The molecule has 0 aliphatic rings. The highest BCUT2D eigenvalue weighted by Gasteiger charge is 2.06. The smallest absolute Gasteiger partial charge is 0.332 e. The molecule has 0 unspecified atom stereocenters. The number of aliphatic carboxylic acids is 1. The first-order chi connectivity index (χ1) is 6.61. The Morgan fingerprint density at radius 2 is 1.93 bits per heavy atom. The van der Waals surface area contributed by atoms with Crippen LogP contribution in [0.4, 0.5) is 0 Å². The van der Waals surface area contributed by atoms with Gasteiger partial charge in [-0.05, 0) is 35.1 Å². The summed E-state index contributed by atoms with van der Waals surface area (Å²) in [6.07, 6.45) is 0.694. The highest BCUT2D eigenvalue weighted by atomic mass is 127. The lowest BCUT2D eigenvalue weighted by molar-refractivity contribution is -0.132. The molecule has 0 aromatic heterocycles. The molecule has 1 aromatic carbocycles. The van der Waals surface area contributed by atoms with Crippen LogP contribution < -0.4 is 0 Å². The van der Waals surface area contributed by atoms with E-state index < -0.39 is 5.97 Å². The van der Waals surface area contributed by atoms with Crippen molar-refractivity contribution in [2.24, 2.45) is 0 Å². The summed E-state index contributed by atoms with van der Waals surface area (Å²) in [7, 11) is 0. The van der Waals surface area contributed by atoms with Gasteiger partial charge in [0.2, 0.25) is 0 Å². The summed E-state index contributed by atoms with van der Waals surface area (Å²) in [6.45, 7) is 1.63. The number of carbonyl (C=O) groups is 1. The minimum Gasteiger partial charge on any atom is -0.478 e. The summed E-state index contributed by atoms with van der Waals surface area (Å²) in [5.74, 6) is -0.842. The average molecular weight is 302 g/mol. The minimum absolute atomic E-state index is 0.425. The molecule has 0 heterocycles. The summed E-state index contributed by atoms with van der Waals surface area (Å²) in [5.41, 5.74) is 1.56. The fraction of sp³-hybridized carbons (Fsp3) is 0.182. The molecule has 0 fully saturated rings. The van der Waals surface area contributed by atoms with Gasteiger partial charge >= 0.3 is 5.97 Å². The second-order valence-corrected chi connectivity index (χ2v) is 4.30. The molecule has 0 aliphatic carbocycles. The van der Waals surface area contributed by atoms with Gasteiger partial charge in [-0.25, -0.2) is 4.79 Å². The lowest BCUT2D eigenvalue weighted by Gasteiger charge is -2.02. The highest BCUT2D eigenvalue weighted by Crippen LogP contribution is 2.18. The van der Waals surface area contributed by atoms with E-state index in [0.29, 0.717) is 12.0 Å². The van der Waals surface area contributed by atoms with Crippen LogP contribution in [0.3, 0.4) is 0 Å². The molecule has 1 N–H and O–H groups in total. The SMILES string of the molecule is C/C(C(=O)O)=C(\I)Cc1ccccc1. The topological polar surface area (TPSA) is 37.3 Å². The molecular formula is C11H11IO2. The van der Waals surface area contributed by atoms with Gasteiger partial charge in [0.1, 0.15) is 0 Å². The normalized spacial score (nSPS) is 12.1. The van der Waals surface area contributed by atoms with Crippen molar-refractivity contribution in [2.75, 3.05) is 0 Å². The molecule has 0 bridgehead atoms. The number of carboxylic acids is 1. The van der Waals surface area contributed by atoms with E-state index in [0.717, 1.165) is 9.14 Å². The van der Waals surface area contributed by atoms with Crippen LogP contribution in [-0.2, 0) is 11.2 Å². The Kier molecular flexibility index (Phi) is 4.13. The van der Waals surface area contributed by atoms with Crippen LogP contribution in [0.15, 0.2) is 39.5 Å². The van der Waals surface area contributed by atoms with E-state index in [1.165, 1.54) is 0 Å². The van der Waals surface area contributed by atoms with Crippen molar-refractivity contribution in [1.29, 1.82) is 0 Å². The van der Waals surface area contributed by atoms with Gasteiger partial charge < -0.3 is 5.11 Å². The zero-order valence-corrected chi connectivity index (χ0v) is 9.98. The first-order valence-corrected chi connectivity index (χ1v) is 5.31. The lowest BCUT2D eigenvalue weighted by Crippen LogP contribution is -1.99. The average Bonchev–Trinajstić information content (AvgIpc) is 2.18. The van der Waals surface area contributed by atoms with Gasteiger partial charge in [-0.1, -0.05) is 30.3 Å². The Morgan fingerprint density at radius 1 is 1.36 bits per heavy atom. The number of benzene rings is 1. The molecule has 0 aliphatic heterocycles. The van der Waals surface area contributed by atoms with Crippen molar-refractivity contribution in [3.05, 3.63) is 45.0 Å². The van der Waals surface area contributed by atoms with Crippen LogP contribution in [0, 0.1) is 0 Å². The third-order valence-electron chi connectivity index (χ3n) is 1.93. The molecule has 2 nitrogen and oxygen atoms in total. The zero-order valence-electron chi connectivity index (χ0n) is 7.83. The van der Waals surface area contributed by atoms with Gasteiger partial charge in [0.25, 0.3) is 0 Å². The zero-order chi connectivity index (χ0) is 10.6. The number of allylic oxidation sites excluding steroid dienone is 1. The van der Waals surface area contributed by atoms with Crippen molar-refractivity contribution in [3.63, 3.8) is 0 Å². The van der Waals surface area contributed by atoms with Crippen LogP contribution in [0.1, 0.15) is 12.5 Å². The summed E-state index contributed by atoms with van der Waals surface area (Å²) >= 11 is 2.09. The maximum absolute atomic E-state index is 10.7. The maximum atomic E-state index is 10.7. The van der Waals surface area contributed by atoms with Gasteiger partial charge in [-0.2, -0.15) is 0 Å². The third-order valence-corrected chi connectivity index (χ3v) is 3.12. The minimum atomic E-state index is -0.842. The van der Waals surface area contributed by atoms with Gasteiger partial charge in [0.05, 0.1) is 0 Å². The molecule has 0 saturated carbocycles. The molecule has 1 rings (SSSR count). The van der Waals surface area contributed by atoms with E-state index >= 15 is 0 Å². The van der Waals surface area contributed by atoms with Gasteiger partial charge in [-0.3, -0.25) is 0 Å². The molecule has 3 heteroatoms. The predicted octanol–water partition coefficient (Wildman–Crippen LogP) is 3.02. The van der Waals surface area contributed by atoms with Gasteiger partial charge in [0, 0.05) is 15.6 Å². The lowest BCUT2D eigenvalue weighted by atomic mass is 10.1. The van der Waals surface area contributed by atoms with Crippen molar-refractivity contribution >= 4 is 28.6 Å². The van der Waals surface area contributed by atoms with Crippen LogP contribution in [0.25, 0.3) is 0 Å². The standard InChI is InChI=1S/C11H11IO2/c1-8(11(13)14)10(12)7-9-5-3-2-4-6-9/h2-6H,7H2,1H3,(H,13,14)/b10-8+. The Bertz CT molecular complexity index is 355. The van der Waals surface area contributed by atoms with E-state index in [4.69, 9.17) is 5.11 Å². The predicted molar refractivity (Wildman–Crippen MR) is 64.5 cm³/mol. The largest absolute Gasteiger partial charge is 0.478 e. The Labute approximate surface area is 96.8 Å². The maximum Gasteiger partial charge on any atom is 0.332 e. The molecule has 0 atom stereocenters. The number of hydrogen-bond donors (Lipinski definition) is 1. The summed E-state index contributed by atoms with van der Waals surface area (Å²) in [5, 5.41) is 8.77. The van der Waals surface area contributed by atoms with Crippen LogP contribution in [0.2, 0.25) is 0 Å². The fourth-order valence-electron chi connectivity index (χ4n) is 1.02. The molecule has 0 spiro atoms. The summed E-state index contributed by atoms with van der Waals surface area (Å²) in [4.78, 5) is 10.7. The first-order valence-electron chi connectivity index (χ1n) is 4.23. The number of carboxylic acid groups (broad SMARTS) is 1. The van der Waals surface area contributed by atoms with Crippen molar-refractivity contribution in [3.8, 4) is 0 Å². The molecule has 74 valence electrons. The van der Waals surface area contributed by atoms with Crippen LogP contribution in [-0.4, -0.2) is 11.1 Å². The molecule has 0 saturated heterocycles. The molecule has 1 aromatic rings. The van der Waals surface area contributed by atoms with Crippen molar-refractivity contribution in [1.82, 2.24) is 0 Å². The molecule has 0 radical (unpaired) electrons. The summed E-state index contributed by atoms with van der Waals surface area (Å²) < 4.78 is 0.876.